The Morgan fingerprint density at radius 3 is 2.73 bits per heavy atom. The lowest BCUT2D eigenvalue weighted by atomic mass is 10.1. The lowest BCUT2D eigenvalue weighted by Gasteiger charge is -2.26. The molecule has 0 saturated carbocycles. The zero-order chi connectivity index (χ0) is 24.8. The van der Waals surface area contributed by atoms with E-state index in [4.69, 9.17) is 9.97 Å². The van der Waals surface area contributed by atoms with Crippen molar-refractivity contribution in [1.29, 1.82) is 0 Å². The summed E-state index contributed by atoms with van der Waals surface area (Å²) in [6, 6.07) is 10.4. The molecule has 1 saturated heterocycles. The number of H-pyrrole nitrogens is 2. The molecule has 7 rings (SSSR count). The van der Waals surface area contributed by atoms with Gasteiger partial charge >= 0.3 is 0 Å². The number of fused-ring (bicyclic) bond motifs is 2. The first-order chi connectivity index (χ1) is 18.2. The summed E-state index contributed by atoms with van der Waals surface area (Å²) in [7, 11) is 0. The molecule has 0 atom stereocenters. The summed E-state index contributed by atoms with van der Waals surface area (Å²) >= 11 is 1.72. The molecule has 7 heterocycles. The Labute approximate surface area is 217 Å². The third-order valence-corrected chi connectivity index (χ3v) is 8.00. The maximum atomic E-state index is 4.94. The molecule has 0 amide bonds. The van der Waals surface area contributed by atoms with Gasteiger partial charge in [-0.25, -0.2) is 4.98 Å². The van der Waals surface area contributed by atoms with Crippen molar-refractivity contribution < 1.29 is 0 Å². The van der Waals surface area contributed by atoms with Gasteiger partial charge < -0.3 is 4.98 Å². The molecule has 8 nitrogen and oxygen atoms in total. The monoisotopic (exact) mass is 506 g/mol. The normalized spacial score (nSPS) is 14.6. The second kappa shape index (κ2) is 9.17. The molecular formula is C28H26N8S. The van der Waals surface area contributed by atoms with Gasteiger partial charge in [-0.15, -0.1) is 11.3 Å². The van der Waals surface area contributed by atoms with E-state index in [9.17, 15) is 0 Å². The quantitative estimate of drug-likeness (QED) is 0.298. The van der Waals surface area contributed by atoms with Gasteiger partial charge in [-0.3, -0.25) is 25.0 Å². The summed E-state index contributed by atoms with van der Waals surface area (Å²) < 4.78 is 0. The number of imidazole rings is 1. The number of nitrogens with zero attached hydrogens (tertiary/aromatic N) is 6. The largest absolute Gasteiger partial charge is 0.336 e. The third kappa shape index (κ3) is 4.20. The van der Waals surface area contributed by atoms with Crippen LogP contribution in [0.15, 0.2) is 55.1 Å². The van der Waals surface area contributed by atoms with E-state index in [1.165, 1.54) is 29.7 Å². The van der Waals surface area contributed by atoms with E-state index in [1.54, 1.807) is 11.3 Å². The number of rotatable bonds is 5. The molecule has 0 spiro atoms. The number of likely N-dealkylation sites (tertiary alicyclic amines) is 1. The van der Waals surface area contributed by atoms with Gasteiger partial charge in [0, 0.05) is 41.0 Å². The van der Waals surface area contributed by atoms with Crippen LogP contribution in [0.4, 0.5) is 0 Å². The number of aromatic nitrogens is 7. The van der Waals surface area contributed by atoms with Gasteiger partial charge in [0.1, 0.15) is 16.9 Å². The summed E-state index contributed by atoms with van der Waals surface area (Å²) in [5, 5.41) is 8.68. The number of piperidine rings is 1. The van der Waals surface area contributed by atoms with Crippen molar-refractivity contribution in [2.45, 2.75) is 32.7 Å². The van der Waals surface area contributed by atoms with Crippen molar-refractivity contribution in [3.05, 3.63) is 65.6 Å². The Morgan fingerprint density at radius 2 is 1.86 bits per heavy atom. The predicted molar refractivity (Wildman–Crippen MR) is 147 cm³/mol. The van der Waals surface area contributed by atoms with Crippen LogP contribution < -0.4 is 0 Å². The van der Waals surface area contributed by atoms with E-state index in [-0.39, 0.29) is 0 Å². The Kier molecular flexibility index (Phi) is 5.52. The maximum Gasteiger partial charge on any atom is 0.159 e. The number of pyridine rings is 3. The van der Waals surface area contributed by atoms with Crippen molar-refractivity contribution >= 4 is 33.3 Å². The summed E-state index contributed by atoms with van der Waals surface area (Å²) in [5.74, 6) is 0.706. The molecule has 184 valence electrons. The van der Waals surface area contributed by atoms with Crippen molar-refractivity contribution in [3.8, 4) is 33.3 Å². The number of thiophene rings is 1. The van der Waals surface area contributed by atoms with E-state index in [0.717, 1.165) is 69.1 Å². The van der Waals surface area contributed by atoms with Crippen LogP contribution in [0.5, 0.6) is 0 Å². The van der Waals surface area contributed by atoms with E-state index in [2.05, 4.69) is 61.2 Å². The fourth-order valence-corrected chi connectivity index (χ4v) is 6.00. The van der Waals surface area contributed by atoms with Crippen LogP contribution in [0.25, 0.3) is 55.3 Å². The van der Waals surface area contributed by atoms with E-state index < -0.39 is 0 Å². The lowest BCUT2D eigenvalue weighted by Crippen LogP contribution is -2.29. The van der Waals surface area contributed by atoms with Gasteiger partial charge in [-0.2, -0.15) is 5.10 Å². The summed E-state index contributed by atoms with van der Waals surface area (Å²) in [6.45, 7) is 5.35. The molecule has 1 aliphatic heterocycles. The van der Waals surface area contributed by atoms with Crippen LogP contribution in [0.2, 0.25) is 0 Å². The molecule has 1 fully saturated rings. The van der Waals surface area contributed by atoms with Gasteiger partial charge in [0.2, 0.25) is 0 Å². The lowest BCUT2D eigenvalue weighted by molar-refractivity contribution is 0.220. The number of aryl methyl sites for hydroxylation is 1. The highest BCUT2D eigenvalue weighted by atomic mass is 32.1. The van der Waals surface area contributed by atoms with Crippen molar-refractivity contribution in [3.63, 3.8) is 0 Å². The second-order valence-electron chi connectivity index (χ2n) is 9.66. The average molecular weight is 507 g/mol. The highest BCUT2D eigenvalue weighted by molar-refractivity contribution is 7.15. The van der Waals surface area contributed by atoms with Gasteiger partial charge in [-0.1, -0.05) is 6.42 Å². The number of aromatic amines is 2. The molecule has 0 aromatic carbocycles. The number of hydrogen-bond donors (Lipinski definition) is 2. The molecule has 6 aromatic rings. The van der Waals surface area contributed by atoms with E-state index >= 15 is 0 Å². The van der Waals surface area contributed by atoms with Crippen LogP contribution in [0.3, 0.4) is 0 Å². The second-order valence-corrected chi connectivity index (χ2v) is 10.9. The molecule has 0 bridgehead atoms. The molecule has 2 N–H and O–H groups in total. The highest BCUT2D eigenvalue weighted by Crippen LogP contribution is 2.34. The van der Waals surface area contributed by atoms with Crippen molar-refractivity contribution in [2.24, 2.45) is 0 Å². The van der Waals surface area contributed by atoms with E-state index in [1.807, 2.05) is 30.9 Å². The number of nitrogens with one attached hydrogen (secondary N) is 2. The molecule has 0 unspecified atom stereocenters. The molecule has 9 heteroatoms. The van der Waals surface area contributed by atoms with Crippen molar-refractivity contribution in [1.82, 2.24) is 40.0 Å². The minimum atomic E-state index is 0.706. The highest BCUT2D eigenvalue weighted by Gasteiger charge is 2.18. The summed E-state index contributed by atoms with van der Waals surface area (Å²) in [6.07, 6.45) is 11.4. The molecule has 0 aliphatic carbocycles. The van der Waals surface area contributed by atoms with Gasteiger partial charge in [0.15, 0.2) is 5.82 Å². The smallest absolute Gasteiger partial charge is 0.159 e. The van der Waals surface area contributed by atoms with E-state index in [0.29, 0.717) is 5.82 Å². The Morgan fingerprint density at radius 1 is 0.946 bits per heavy atom. The van der Waals surface area contributed by atoms with Crippen LogP contribution in [-0.4, -0.2) is 53.1 Å². The molecule has 1 aliphatic rings. The minimum absolute atomic E-state index is 0.706. The Hall–Kier alpha value is -3.95. The average Bonchev–Trinajstić information content (AvgIpc) is 3.66. The topological polar surface area (TPSA) is 99.3 Å². The Balaban J connectivity index is 1.26. The van der Waals surface area contributed by atoms with Crippen molar-refractivity contribution in [2.75, 3.05) is 13.1 Å². The summed E-state index contributed by atoms with van der Waals surface area (Å²) in [5.41, 5.74) is 7.39. The first-order valence-electron chi connectivity index (χ1n) is 12.6. The first kappa shape index (κ1) is 22.3. The van der Waals surface area contributed by atoms with Gasteiger partial charge in [0.05, 0.1) is 27.8 Å². The molecule has 37 heavy (non-hydrogen) atoms. The van der Waals surface area contributed by atoms with Crippen LogP contribution in [-0.2, 0) is 6.54 Å². The van der Waals surface area contributed by atoms with Crippen LogP contribution in [0.1, 0.15) is 29.7 Å². The Bertz CT molecular complexity index is 1720. The maximum absolute atomic E-state index is 4.94. The van der Waals surface area contributed by atoms with Gasteiger partial charge in [-0.05, 0) is 68.8 Å². The van der Waals surface area contributed by atoms with Crippen LogP contribution >= 0.6 is 11.3 Å². The van der Waals surface area contributed by atoms with Crippen LogP contribution in [0, 0.1) is 6.92 Å². The SMILES string of the molecule is Cc1ccc(-c2nccc3[nH]c(-c4n[nH]c5cnc(-c6cncc(CN7CCCCC7)c6)cc45)nc23)s1. The fourth-order valence-electron chi connectivity index (χ4n) is 5.13. The predicted octanol–water partition coefficient (Wildman–Crippen LogP) is 5.98. The molecule has 0 radical (unpaired) electrons. The minimum Gasteiger partial charge on any atom is -0.336 e. The standard InChI is InChI=1S/C28H26N8S/c1-17-5-6-24(37-17)27-26-21(7-8-30-27)32-28(33-26)25-20-12-22(31-15-23(20)34-35-25)19-11-18(13-29-14-19)16-36-9-3-2-4-10-36/h5-8,11-15H,2-4,9-10,16H2,1H3,(H,32,33)(H,34,35). The third-order valence-electron chi connectivity index (χ3n) is 6.99. The molecule has 6 aromatic heterocycles. The van der Waals surface area contributed by atoms with Gasteiger partial charge in [0.25, 0.3) is 0 Å². The first-order valence-corrected chi connectivity index (χ1v) is 13.5. The fraction of sp³-hybridized carbons (Fsp3) is 0.250. The zero-order valence-electron chi connectivity index (χ0n) is 20.5. The summed E-state index contributed by atoms with van der Waals surface area (Å²) in [4.78, 5) is 27.1. The molecular weight excluding hydrogens is 480 g/mol. The zero-order valence-corrected chi connectivity index (χ0v) is 21.3. The number of hydrogen-bond acceptors (Lipinski definition) is 7.